The molecule has 0 spiro atoms. The van der Waals surface area contributed by atoms with E-state index >= 15 is 0 Å². The standard InChI is InChI=1S/C17H21N5OS/c1-2-22-10-15(9-18-22)13-3-6-21(7-4-13)11-16-19-17(20-23-16)14-5-8-24-12-14/h5,8-10,12-13H,2-4,6-7,11H2,1H3. The third-order valence-electron chi connectivity index (χ3n) is 4.64. The molecule has 1 saturated heterocycles. The molecule has 1 aliphatic rings. The van der Waals surface area contributed by atoms with Crippen molar-refractivity contribution in [2.45, 2.75) is 38.8 Å². The fourth-order valence-corrected chi connectivity index (χ4v) is 3.84. The smallest absolute Gasteiger partial charge is 0.241 e. The van der Waals surface area contributed by atoms with Crippen LogP contribution in [0.2, 0.25) is 0 Å². The van der Waals surface area contributed by atoms with Crippen LogP contribution in [0.5, 0.6) is 0 Å². The number of aryl methyl sites for hydroxylation is 1. The Labute approximate surface area is 145 Å². The van der Waals surface area contributed by atoms with Gasteiger partial charge in [-0.2, -0.15) is 21.4 Å². The van der Waals surface area contributed by atoms with Gasteiger partial charge in [0.25, 0.3) is 0 Å². The van der Waals surface area contributed by atoms with Crippen LogP contribution in [-0.2, 0) is 13.1 Å². The normalized spacial score (nSPS) is 16.7. The highest BCUT2D eigenvalue weighted by atomic mass is 32.1. The van der Waals surface area contributed by atoms with Crippen molar-refractivity contribution in [1.29, 1.82) is 0 Å². The van der Waals surface area contributed by atoms with Crippen molar-refractivity contribution in [2.75, 3.05) is 13.1 Å². The van der Waals surface area contributed by atoms with Crippen LogP contribution in [0, 0.1) is 0 Å². The van der Waals surface area contributed by atoms with Gasteiger partial charge in [0.1, 0.15) is 0 Å². The van der Waals surface area contributed by atoms with Crippen LogP contribution in [0.15, 0.2) is 33.7 Å². The highest BCUT2D eigenvalue weighted by Crippen LogP contribution is 2.28. The van der Waals surface area contributed by atoms with E-state index in [0.717, 1.165) is 44.6 Å². The zero-order valence-corrected chi connectivity index (χ0v) is 14.6. The molecule has 0 unspecified atom stereocenters. The minimum atomic E-state index is 0.616. The Balaban J connectivity index is 1.33. The minimum Gasteiger partial charge on any atom is -0.338 e. The molecule has 1 aliphatic heterocycles. The van der Waals surface area contributed by atoms with Crippen LogP contribution >= 0.6 is 11.3 Å². The Hall–Kier alpha value is -1.99. The van der Waals surface area contributed by atoms with Gasteiger partial charge in [0.15, 0.2) is 0 Å². The Bertz CT molecular complexity index is 771. The molecular weight excluding hydrogens is 322 g/mol. The Morgan fingerprint density at radius 3 is 2.92 bits per heavy atom. The lowest BCUT2D eigenvalue weighted by Crippen LogP contribution is -2.32. The van der Waals surface area contributed by atoms with Crippen molar-refractivity contribution in [3.05, 3.63) is 40.7 Å². The molecule has 4 rings (SSSR count). The molecule has 1 fully saturated rings. The highest BCUT2D eigenvalue weighted by Gasteiger charge is 2.23. The van der Waals surface area contributed by atoms with Gasteiger partial charge in [-0.15, -0.1) is 0 Å². The lowest BCUT2D eigenvalue weighted by molar-refractivity contribution is 0.181. The molecule has 0 N–H and O–H groups in total. The van der Waals surface area contributed by atoms with E-state index in [2.05, 4.69) is 33.3 Å². The Kier molecular flexibility index (Phi) is 4.44. The van der Waals surface area contributed by atoms with E-state index in [-0.39, 0.29) is 0 Å². The van der Waals surface area contributed by atoms with Crippen molar-refractivity contribution < 1.29 is 4.52 Å². The Morgan fingerprint density at radius 1 is 1.33 bits per heavy atom. The number of likely N-dealkylation sites (tertiary alicyclic amines) is 1. The van der Waals surface area contributed by atoms with Crippen LogP contribution in [0.4, 0.5) is 0 Å². The summed E-state index contributed by atoms with van der Waals surface area (Å²) in [6.07, 6.45) is 6.52. The van der Waals surface area contributed by atoms with E-state index in [0.29, 0.717) is 17.6 Å². The lowest BCUT2D eigenvalue weighted by atomic mass is 9.91. The third kappa shape index (κ3) is 3.27. The summed E-state index contributed by atoms with van der Waals surface area (Å²) in [5.41, 5.74) is 2.40. The van der Waals surface area contributed by atoms with E-state index in [9.17, 15) is 0 Å². The van der Waals surface area contributed by atoms with Crippen molar-refractivity contribution in [3.8, 4) is 11.4 Å². The van der Waals surface area contributed by atoms with Gasteiger partial charge in [-0.05, 0) is 55.8 Å². The maximum absolute atomic E-state index is 5.41. The minimum absolute atomic E-state index is 0.616. The molecule has 126 valence electrons. The van der Waals surface area contributed by atoms with Gasteiger partial charge in [0.2, 0.25) is 11.7 Å². The molecule has 0 atom stereocenters. The van der Waals surface area contributed by atoms with Crippen LogP contribution in [0.25, 0.3) is 11.4 Å². The largest absolute Gasteiger partial charge is 0.338 e. The SMILES string of the molecule is CCn1cc(C2CCN(Cc3nc(-c4ccsc4)no3)CC2)cn1. The molecule has 0 aliphatic carbocycles. The first kappa shape index (κ1) is 15.5. The molecule has 0 bridgehead atoms. The van der Waals surface area contributed by atoms with Crippen LogP contribution in [0.1, 0.15) is 37.1 Å². The van der Waals surface area contributed by atoms with E-state index in [1.54, 1.807) is 11.3 Å². The molecule has 24 heavy (non-hydrogen) atoms. The third-order valence-corrected chi connectivity index (χ3v) is 5.33. The summed E-state index contributed by atoms with van der Waals surface area (Å²) < 4.78 is 7.42. The second-order valence-electron chi connectivity index (χ2n) is 6.20. The molecule has 0 aromatic carbocycles. The van der Waals surface area contributed by atoms with Gasteiger partial charge in [-0.25, -0.2) is 0 Å². The molecule has 4 heterocycles. The predicted molar refractivity (Wildman–Crippen MR) is 92.8 cm³/mol. The maximum atomic E-state index is 5.41. The molecule has 7 heteroatoms. The van der Waals surface area contributed by atoms with E-state index in [1.165, 1.54) is 5.56 Å². The van der Waals surface area contributed by atoms with Crippen molar-refractivity contribution in [1.82, 2.24) is 24.8 Å². The van der Waals surface area contributed by atoms with Crippen LogP contribution in [-0.4, -0.2) is 37.9 Å². The van der Waals surface area contributed by atoms with Crippen molar-refractivity contribution >= 4 is 11.3 Å². The average Bonchev–Trinajstić information content (AvgIpc) is 3.36. The summed E-state index contributed by atoms with van der Waals surface area (Å²) in [6.45, 7) is 5.89. The van der Waals surface area contributed by atoms with Crippen molar-refractivity contribution in [3.63, 3.8) is 0 Å². The monoisotopic (exact) mass is 343 g/mol. The molecule has 6 nitrogen and oxygen atoms in total. The highest BCUT2D eigenvalue weighted by molar-refractivity contribution is 7.08. The first-order valence-electron chi connectivity index (χ1n) is 8.41. The molecule has 3 aromatic heterocycles. The molecular formula is C17H21N5OS. The predicted octanol–water partition coefficient (Wildman–Crippen LogP) is 3.39. The van der Waals surface area contributed by atoms with Gasteiger partial charge in [0, 0.05) is 23.7 Å². The quantitative estimate of drug-likeness (QED) is 0.710. The van der Waals surface area contributed by atoms with Gasteiger partial charge in [-0.1, -0.05) is 5.16 Å². The summed E-state index contributed by atoms with van der Waals surface area (Å²) in [7, 11) is 0. The van der Waals surface area contributed by atoms with E-state index in [1.807, 2.05) is 27.7 Å². The maximum Gasteiger partial charge on any atom is 0.241 e. The van der Waals surface area contributed by atoms with Gasteiger partial charge in [0.05, 0.1) is 12.7 Å². The molecule has 0 saturated carbocycles. The second-order valence-corrected chi connectivity index (χ2v) is 6.98. The van der Waals surface area contributed by atoms with Gasteiger partial charge in [-0.3, -0.25) is 9.58 Å². The number of hydrogen-bond acceptors (Lipinski definition) is 6. The number of nitrogens with zero attached hydrogens (tertiary/aromatic N) is 5. The molecule has 0 radical (unpaired) electrons. The van der Waals surface area contributed by atoms with Crippen LogP contribution < -0.4 is 0 Å². The van der Waals surface area contributed by atoms with Crippen LogP contribution in [0.3, 0.4) is 0 Å². The van der Waals surface area contributed by atoms with E-state index < -0.39 is 0 Å². The first-order valence-corrected chi connectivity index (χ1v) is 9.36. The summed E-state index contributed by atoms with van der Waals surface area (Å²) in [5.74, 6) is 2.01. The van der Waals surface area contributed by atoms with Crippen molar-refractivity contribution in [2.24, 2.45) is 0 Å². The van der Waals surface area contributed by atoms with Gasteiger partial charge >= 0.3 is 0 Å². The second kappa shape index (κ2) is 6.86. The summed E-state index contributed by atoms with van der Waals surface area (Å²) in [5, 5.41) is 12.5. The number of rotatable bonds is 5. The lowest BCUT2D eigenvalue weighted by Gasteiger charge is -2.30. The number of thiophene rings is 1. The number of piperidine rings is 1. The fraction of sp³-hybridized carbons (Fsp3) is 0.471. The average molecular weight is 343 g/mol. The summed E-state index contributed by atoms with van der Waals surface area (Å²) in [4.78, 5) is 6.91. The van der Waals surface area contributed by atoms with E-state index in [4.69, 9.17) is 4.52 Å². The number of hydrogen-bond donors (Lipinski definition) is 0. The fourth-order valence-electron chi connectivity index (χ4n) is 3.21. The Morgan fingerprint density at radius 2 is 2.21 bits per heavy atom. The zero-order chi connectivity index (χ0) is 16.4. The topological polar surface area (TPSA) is 60.0 Å². The zero-order valence-electron chi connectivity index (χ0n) is 13.8. The molecule has 0 amide bonds. The first-order chi connectivity index (χ1) is 11.8. The molecule has 3 aromatic rings. The summed E-state index contributed by atoms with van der Waals surface area (Å²) in [6, 6.07) is 2.02. The summed E-state index contributed by atoms with van der Waals surface area (Å²) >= 11 is 1.64. The van der Waals surface area contributed by atoms with Gasteiger partial charge < -0.3 is 4.52 Å². The number of aromatic nitrogens is 4.